The molecule has 1 rings (SSSR count). The number of hydrogen-bond acceptors (Lipinski definition) is 4. The minimum atomic E-state index is -0.137. The average Bonchev–Trinajstić information content (AvgIpc) is 2.36. The van der Waals surface area contributed by atoms with E-state index in [-0.39, 0.29) is 24.5 Å². The zero-order valence-corrected chi connectivity index (χ0v) is 11.2. The number of methoxy groups -OCH3 is 1. The zero-order chi connectivity index (χ0) is 12.8. The molecule has 0 amide bonds. The molecular weight excluding hydrogens is 218 g/mol. The number of aliphatic hydroxyl groups excluding tert-OH is 1. The predicted molar refractivity (Wildman–Crippen MR) is 66.6 cm³/mol. The van der Waals surface area contributed by atoms with Crippen LogP contribution in [0.5, 0.6) is 0 Å². The summed E-state index contributed by atoms with van der Waals surface area (Å²) in [7, 11) is 1.44. The second-order valence-corrected chi connectivity index (χ2v) is 5.07. The molecule has 3 atom stereocenters. The normalized spacial score (nSPS) is 25.3. The highest BCUT2D eigenvalue weighted by Crippen LogP contribution is 2.23. The SMILES string of the molecule is COC(=O)C(C)C(C)N1CCCC(CCO)C1. The minimum absolute atomic E-state index is 0.0899. The Morgan fingerprint density at radius 3 is 2.82 bits per heavy atom. The topological polar surface area (TPSA) is 49.8 Å². The number of rotatable bonds is 5. The highest BCUT2D eigenvalue weighted by atomic mass is 16.5. The molecule has 0 aromatic rings. The van der Waals surface area contributed by atoms with Crippen molar-refractivity contribution in [2.75, 3.05) is 26.8 Å². The summed E-state index contributed by atoms with van der Waals surface area (Å²) in [5, 5.41) is 8.99. The Hall–Kier alpha value is -0.610. The Labute approximate surface area is 104 Å². The van der Waals surface area contributed by atoms with Crippen molar-refractivity contribution < 1.29 is 14.6 Å². The largest absolute Gasteiger partial charge is 0.469 e. The number of hydrogen-bond donors (Lipinski definition) is 1. The van der Waals surface area contributed by atoms with E-state index in [1.807, 2.05) is 6.92 Å². The molecular formula is C13H25NO3. The van der Waals surface area contributed by atoms with Crippen LogP contribution in [0.1, 0.15) is 33.1 Å². The summed E-state index contributed by atoms with van der Waals surface area (Å²) in [5.74, 6) is 0.343. The van der Waals surface area contributed by atoms with Gasteiger partial charge in [0.1, 0.15) is 0 Å². The van der Waals surface area contributed by atoms with Crippen LogP contribution in [-0.2, 0) is 9.53 Å². The van der Waals surface area contributed by atoms with E-state index in [0.29, 0.717) is 5.92 Å². The second kappa shape index (κ2) is 6.97. The van der Waals surface area contributed by atoms with Crippen LogP contribution >= 0.6 is 0 Å². The standard InChI is InChI=1S/C13H25NO3/c1-10(13(16)17-3)11(2)14-7-4-5-12(9-14)6-8-15/h10-12,15H,4-9H2,1-3H3. The first-order valence-corrected chi connectivity index (χ1v) is 6.52. The summed E-state index contributed by atoms with van der Waals surface area (Å²) in [6.45, 7) is 6.31. The molecule has 0 bridgehead atoms. The van der Waals surface area contributed by atoms with Gasteiger partial charge in [0, 0.05) is 19.2 Å². The van der Waals surface area contributed by atoms with Gasteiger partial charge in [-0.25, -0.2) is 0 Å². The van der Waals surface area contributed by atoms with E-state index in [0.717, 1.165) is 25.9 Å². The number of carbonyl (C=O) groups is 1. The van der Waals surface area contributed by atoms with Gasteiger partial charge >= 0.3 is 5.97 Å². The number of likely N-dealkylation sites (tertiary alicyclic amines) is 1. The molecule has 1 fully saturated rings. The van der Waals surface area contributed by atoms with Crippen LogP contribution < -0.4 is 0 Å². The van der Waals surface area contributed by atoms with Gasteiger partial charge in [0.2, 0.25) is 0 Å². The molecule has 3 unspecified atom stereocenters. The predicted octanol–water partition coefficient (Wildman–Crippen LogP) is 1.28. The maximum absolute atomic E-state index is 11.5. The lowest BCUT2D eigenvalue weighted by Crippen LogP contribution is -2.46. The monoisotopic (exact) mass is 243 g/mol. The average molecular weight is 243 g/mol. The fourth-order valence-corrected chi connectivity index (χ4v) is 2.58. The fraction of sp³-hybridized carbons (Fsp3) is 0.923. The molecule has 1 N–H and O–H groups in total. The molecule has 0 saturated carbocycles. The Kier molecular flexibility index (Phi) is 5.92. The third-order valence-electron chi connectivity index (χ3n) is 3.96. The molecule has 4 nitrogen and oxygen atoms in total. The van der Waals surface area contributed by atoms with E-state index in [4.69, 9.17) is 9.84 Å². The van der Waals surface area contributed by atoms with Crippen LogP contribution in [-0.4, -0.2) is 48.8 Å². The lowest BCUT2D eigenvalue weighted by molar-refractivity contribution is -0.147. The summed E-state index contributed by atoms with van der Waals surface area (Å²) in [5.41, 5.74) is 0. The molecule has 0 spiro atoms. The number of piperidine rings is 1. The highest BCUT2D eigenvalue weighted by Gasteiger charge is 2.29. The van der Waals surface area contributed by atoms with Crippen molar-refractivity contribution in [1.82, 2.24) is 4.90 Å². The Morgan fingerprint density at radius 2 is 2.24 bits per heavy atom. The van der Waals surface area contributed by atoms with Gasteiger partial charge in [0.25, 0.3) is 0 Å². The molecule has 0 aromatic carbocycles. The Bertz CT molecular complexity index is 243. The van der Waals surface area contributed by atoms with Gasteiger partial charge in [0.15, 0.2) is 0 Å². The van der Waals surface area contributed by atoms with Gasteiger partial charge in [-0.2, -0.15) is 0 Å². The van der Waals surface area contributed by atoms with E-state index in [9.17, 15) is 4.79 Å². The van der Waals surface area contributed by atoms with E-state index in [2.05, 4.69) is 11.8 Å². The van der Waals surface area contributed by atoms with E-state index >= 15 is 0 Å². The number of ether oxygens (including phenoxy) is 1. The fourth-order valence-electron chi connectivity index (χ4n) is 2.58. The van der Waals surface area contributed by atoms with Gasteiger partial charge in [-0.05, 0) is 38.6 Å². The molecule has 0 aliphatic carbocycles. The molecule has 0 aromatic heterocycles. The van der Waals surface area contributed by atoms with Crippen molar-refractivity contribution in [3.63, 3.8) is 0 Å². The lowest BCUT2D eigenvalue weighted by atomic mass is 9.92. The van der Waals surface area contributed by atoms with Gasteiger partial charge in [-0.3, -0.25) is 9.69 Å². The third kappa shape index (κ3) is 3.96. The quantitative estimate of drug-likeness (QED) is 0.739. The van der Waals surface area contributed by atoms with Crippen LogP contribution in [0.3, 0.4) is 0 Å². The Balaban J connectivity index is 2.50. The summed E-state index contributed by atoms with van der Waals surface area (Å²) >= 11 is 0. The van der Waals surface area contributed by atoms with Crippen molar-refractivity contribution in [3.8, 4) is 0 Å². The van der Waals surface area contributed by atoms with Crippen LogP contribution in [0.25, 0.3) is 0 Å². The summed E-state index contributed by atoms with van der Waals surface area (Å²) in [4.78, 5) is 13.9. The van der Waals surface area contributed by atoms with Gasteiger partial charge in [0.05, 0.1) is 13.0 Å². The maximum atomic E-state index is 11.5. The molecule has 1 saturated heterocycles. The number of aliphatic hydroxyl groups is 1. The first kappa shape index (κ1) is 14.5. The van der Waals surface area contributed by atoms with Crippen LogP contribution in [0.4, 0.5) is 0 Å². The number of carbonyl (C=O) groups excluding carboxylic acids is 1. The van der Waals surface area contributed by atoms with Crippen molar-refractivity contribution in [2.45, 2.75) is 39.2 Å². The van der Waals surface area contributed by atoms with E-state index < -0.39 is 0 Å². The Morgan fingerprint density at radius 1 is 1.53 bits per heavy atom. The molecule has 1 aliphatic heterocycles. The smallest absolute Gasteiger partial charge is 0.309 e. The molecule has 1 aliphatic rings. The lowest BCUT2D eigenvalue weighted by Gasteiger charge is -2.38. The van der Waals surface area contributed by atoms with Crippen molar-refractivity contribution >= 4 is 5.97 Å². The maximum Gasteiger partial charge on any atom is 0.309 e. The van der Waals surface area contributed by atoms with E-state index in [1.165, 1.54) is 13.5 Å². The summed E-state index contributed by atoms with van der Waals surface area (Å²) in [6.07, 6.45) is 3.22. The molecule has 17 heavy (non-hydrogen) atoms. The van der Waals surface area contributed by atoms with Crippen molar-refractivity contribution in [2.24, 2.45) is 11.8 Å². The van der Waals surface area contributed by atoms with Crippen molar-refractivity contribution in [3.05, 3.63) is 0 Å². The molecule has 1 heterocycles. The third-order valence-corrected chi connectivity index (χ3v) is 3.96. The van der Waals surface area contributed by atoms with Crippen molar-refractivity contribution in [1.29, 1.82) is 0 Å². The minimum Gasteiger partial charge on any atom is -0.469 e. The zero-order valence-electron chi connectivity index (χ0n) is 11.2. The van der Waals surface area contributed by atoms with Crippen LogP contribution in [0.15, 0.2) is 0 Å². The summed E-state index contributed by atoms with van der Waals surface area (Å²) in [6, 6.07) is 0.212. The first-order chi connectivity index (χ1) is 8.10. The van der Waals surface area contributed by atoms with Gasteiger partial charge in [-0.15, -0.1) is 0 Å². The number of nitrogens with zero attached hydrogens (tertiary/aromatic N) is 1. The first-order valence-electron chi connectivity index (χ1n) is 6.52. The highest BCUT2D eigenvalue weighted by molar-refractivity contribution is 5.72. The molecule has 0 radical (unpaired) electrons. The summed E-state index contributed by atoms with van der Waals surface area (Å²) < 4.78 is 4.79. The van der Waals surface area contributed by atoms with Gasteiger partial charge in [-0.1, -0.05) is 6.92 Å². The van der Waals surface area contributed by atoms with Crippen LogP contribution in [0, 0.1) is 11.8 Å². The van der Waals surface area contributed by atoms with E-state index in [1.54, 1.807) is 0 Å². The van der Waals surface area contributed by atoms with Crippen LogP contribution in [0.2, 0.25) is 0 Å². The van der Waals surface area contributed by atoms with Gasteiger partial charge < -0.3 is 9.84 Å². The molecule has 4 heteroatoms. The molecule has 100 valence electrons. The second-order valence-electron chi connectivity index (χ2n) is 5.07. The number of esters is 1.